The van der Waals surface area contributed by atoms with Crippen molar-refractivity contribution in [1.82, 2.24) is 18.3 Å². The van der Waals surface area contributed by atoms with E-state index in [1.54, 1.807) is 0 Å². The Hall–Kier alpha value is -14.1. The van der Waals surface area contributed by atoms with E-state index in [1.165, 1.54) is 171 Å². The molecule has 4 aromatic heterocycles. The Bertz CT molecular complexity index is 6770. The van der Waals surface area contributed by atoms with Gasteiger partial charge in [0.05, 0.1) is 44.1 Å². The summed E-state index contributed by atoms with van der Waals surface area (Å²) < 4.78 is 9.61. The molecule has 0 saturated carbocycles. The molecule has 4 heterocycles. The second-order valence-electron chi connectivity index (χ2n) is 27.5. The van der Waals surface area contributed by atoms with Crippen molar-refractivity contribution in [3.63, 3.8) is 0 Å². The van der Waals surface area contributed by atoms with Gasteiger partial charge in [0, 0.05) is 65.8 Å². The smallest absolute Gasteiger partial charge is 0.0542 e. The Morgan fingerprint density at radius 1 is 0.113 bits per heavy atom. The third-order valence-corrected chi connectivity index (χ3v) is 21.5. The standard InChI is InChI=1S/C54H36N2.C48H32N2/c1-3-13-37(14-4-1)39-23-25-40(26-24-39)43-33-42(38-15-5-2-6-16-38)34-44(35-43)41-27-29-45(30-28-41)55-53-22-12-9-19-49(53)50-36-46(31-32-54(50)55)56-51-20-10-7-17-47(51)48-18-8-11-21-52(48)56;1-3-13-33(14-4-1)36-25-29-39(43(31-36)34-15-5-2-6-16-34)35-23-26-37(27-24-35)49-47-22-12-9-19-42(47)44-32-38(28-30-48(44)49)50-45-20-10-7-17-40(45)41-18-8-11-21-46(41)50/h1-36H;1-32H. The van der Waals surface area contributed by atoms with Gasteiger partial charge in [0.25, 0.3) is 0 Å². The van der Waals surface area contributed by atoms with E-state index in [0.29, 0.717) is 0 Å². The van der Waals surface area contributed by atoms with Crippen LogP contribution in [0.5, 0.6) is 0 Å². The molecule has 0 aliphatic heterocycles. The van der Waals surface area contributed by atoms with Gasteiger partial charge < -0.3 is 18.3 Å². The van der Waals surface area contributed by atoms with Crippen molar-refractivity contribution in [3.8, 4) is 101 Å². The third-order valence-electron chi connectivity index (χ3n) is 21.5. The molecule has 0 N–H and O–H groups in total. The lowest BCUT2D eigenvalue weighted by atomic mass is 9.91. The average Bonchev–Trinajstić information content (AvgIpc) is 1.58. The Morgan fingerprint density at radius 3 is 0.708 bits per heavy atom. The van der Waals surface area contributed by atoms with E-state index in [2.05, 4.69) is 431 Å². The van der Waals surface area contributed by atoms with E-state index in [4.69, 9.17) is 0 Å². The molecule has 21 aromatic rings. The van der Waals surface area contributed by atoms with E-state index in [0.717, 1.165) is 17.1 Å². The zero-order valence-corrected chi connectivity index (χ0v) is 58.0. The van der Waals surface area contributed by atoms with Gasteiger partial charge in [-0.1, -0.05) is 291 Å². The summed E-state index contributed by atoms with van der Waals surface area (Å²) >= 11 is 0. The number of nitrogens with zero attached hydrogens (tertiary/aromatic N) is 4. The fourth-order valence-corrected chi connectivity index (χ4v) is 16.5. The lowest BCUT2D eigenvalue weighted by molar-refractivity contribution is 1.17. The van der Waals surface area contributed by atoms with Crippen molar-refractivity contribution in [2.24, 2.45) is 0 Å². The topological polar surface area (TPSA) is 19.7 Å². The zero-order valence-electron chi connectivity index (χ0n) is 58.0. The minimum absolute atomic E-state index is 1.14. The van der Waals surface area contributed by atoms with Crippen LogP contribution in [-0.2, 0) is 0 Å². The van der Waals surface area contributed by atoms with Gasteiger partial charge in [-0.15, -0.1) is 0 Å². The van der Waals surface area contributed by atoms with Crippen molar-refractivity contribution in [2.45, 2.75) is 0 Å². The van der Waals surface area contributed by atoms with Crippen LogP contribution in [0.1, 0.15) is 0 Å². The highest BCUT2D eigenvalue weighted by atomic mass is 15.0. The van der Waals surface area contributed by atoms with Gasteiger partial charge in [-0.05, 0) is 199 Å². The van der Waals surface area contributed by atoms with Gasteiger partial charge in [0.2, 0.25) is 0 Å². The second-order valence-corrected chi connectivity index (χ2v) is 27.5. The fourth-order valence-electron chi connectivity index (χ4n) is 16.5. The molecule has 0 saturated heterocycles. The Balaban J connectivity index is 0.000000141. The van der Waals surface area contributed by atoms with Gasteiger partial charge in [-0.2, -0.15) is 0 Å². The first-order valence-electron chi connectivity index (χ1n) is 36.5. The monoisotopic (exact) mass is 1350 g/mol. The number of hydrogen-bond acceptors (Lipinski definition) is 0. The molecule has 496 valence electrons. The molecule has 0 radical (unpaired) electrons. The first-order chi connectivity index (χ1) is 52.6. The van der Waals surface area contributed by atoms with Crippen LogP contribution in [0.25, 0.3) is 188 Å². The largest absolute Gasteiger partial charge is 0.309 e. The molecular formula is C102H68N4. The van der Waals surface area contributed by atoms with Crippen molar-refractivity contribution < 1.29 is 0 Å². The van der Waals surface area contributed by atoms with Gasteiger partial charge in [-0.3, -0.25) is 0 Å². The molecular weight excluding hydrogens is 1280 g/mol. The highest BCUT2D eigenvalue weighted by molar-refractivity contribution is 6.14. The summed E-state index contributed by atoms with van der Waals surface area (Å²) in [5.74, 6) is 0. The SMILES string of the molecule is c1ccc(-c2ccc(-c3cc(-c4ccccc4)cc(-c4ccc(-n5c6ccccc6c6cc(-n7c8ccccc8c8ccccc87)ccc65)cc4)c3)cc2)cc1.c1ccc(-c2ccc(-c3ccc(-n4c5ccccc5c5cc(-n6c7ccccc7c7ccccc76)ccc54)cc3)c(-c3ccccc3)c2)cc1. The minimum Gasteiger partial charge on any atom is -0.309 e. The maximum atomic E-state index is 2.41. The molecule has 0 atom stereocenters. The van der Waals surface area contributed by atoms with Crippen LogP contribution >= 0.6 is 0 Å². The molecule has 4 nitrogen and oxygen atoms in total. The summed E-state index contributed by atoms with van der Waals surface area (Å²) in [7, 11) is 0. The molecule has 0 spiro atoms. The van der Waals surface area contributed by atoms with Crippen LogP contribution in [0.2, 0.25) is 0 Å². The molecule has 17 aromatic carbocycles. The molecule has 0 amide bonds. The molecule has 0 fully saturated rings. The number of benzene rings is 17. The second kappa shape index (κ2) is 26.1. The van der Waals surface area contributed by atoms with Gasteiger partial charge in [-0.25, -0.2) is 0 Å². The Kier molecular flexibility index (Phi) is 15.2. The van der Waals surface area contributed by atoms with E-state index < -0.39 is 0 Å². The molecule has 0 unspecified atom stereocenters. The van der Waals surface area contributed by atoms with Gasteiger partial charge >= 0.3 is 0 Å². The van der Waals surface area contributed by atoms with Crippen LogP contribution in [-0.4, -0.2) is 18.3 Å². The quantitative estimate of drug-likeness (QED) is 0.123. The van der Waals surface area contributed by atoms with Gasteiger partial charge in [0.1, 0.15) is 0 Å². The first-order valence-corrected chi connectivity index (χ1v) is 36.5. The number of hydrogen-bond donors (Lipinski definition) is 0. The summed E-state index contributed by atoms with van der Waals surface area (Å²) in [6.45, 7) is 0. The van der Waals surface area contributed by atoms with E-state index in [1.807, 2.05) is 0 Å². The predicted octanol–water partition coefficient (Wildman–Crippen LogP) is 27.4. The minimum atomic E-state index is 1.14. The predicted molar refractivity (Wildman–Crippen MR) is 448 cm³/mol. The molecule has 21 rings (SSSR count). The molecule has 4 heteroatoms. The normalized spacial score (nSPS) is 11.6. The highest BCUT2D eigenvalue weighted by Crippen LogP contribution is 2.43. The number of para-hydroxylation sites is 6. The van der Waals surface area contributed by atoms with Crippen LogP contribution in [0.4, 0.5) is 0 Å². The van der Waals surface area contributed by atoms with Gasteiger partial charge in [0.15, 0.2) is 0 Å². The number of fused-ring (bicyclic) bond motifs is 12. The molecule has 106 heavy (non-hydrogen) atoms. The van der Waals surface area contributed by atoms with Crippen molar-refractivity contribution >= 4 is 87.2 Å². The Labute approximate surface area is 614 Å². The molecule has 0 aliphatic rings. The van der Waals surface area contributed by atoms with Crippen molar-refractivity contribution in [3.05, 3.63) is 413 Å². The fraction of sp³-hybridized carbons (Fsp3) is 0. The molecule has 0 aliphatic carbocycles. The van der Waals surface area contributed by atoms with Crippen LogP contribution in [0, 0.1) is 0 Å². The highest BCUT2D eigenvalue weighted by Gasteiger charge is 2.21. The summed E-state index contributed by atoms with van der Waals surface area (Å²) in [5.41, 5.74) is 31.2. The number of rotatable bonds is 11. The summed E-state index contributed by atoms with van der Waals surface area (Å²) in [5, 5.41) is 10.1. The van der Waals surface area contributed by atoms with E-state index >= 15 is 0 Å². The maximum absolute atomic E-state index is 2.41. The first kappa shape index (κ1) is 61.8. The summed E-state index contributed by atoms with van der Waals surface area (Å²) in [4.78, 5) is 0. The van der Waals surface area contributed by atoms with Crippen molar-refractivity contribution in [1.29, 1.82) is 0 Å². The lowest BCUT2D eigenvalue weighted by Gasteiger charge is -2.15. The third kappa shape index (κ3) is 10.8. The maximum Gasteiger partial charge on any atom is 0.0542 e. The summed E-state index contributed by atoms with van der Waals surface area (Å²) in [6.07, 6.45) is 0. The number of aromatic nitrogens is 4. The van der Waals surface area contributed by atoms with E-state index in [9.17, 15) is 0 Å². The van der Waals surface area contributed by atoms with Crippen LogP contribution in [0.15, 0.2) is 413 Å². The Morgan fingerprint density at radius 2 is 0.340 bits per heavy atom. The summed E-state index contributed by atoms with van der Waals surface area (Å²) in [6, 6.07) is 150. The zero-order chi connectivity index (χ0) is 70.0. The van der Waals surface area contributed by atoms with Crippen molar-refractivity contribution in [2.75, 3.05) is 0 Å². The lowest BCUT2D eigenvalue weighted by Crippen LogP contribution is -1.96. The van der Waals surface area contributed by atoms with Crippen LogP contribution in [0.3, 0.4) is 0 Å². The average molecular weight is 1350 g/mol. The molecule has 0 bridgehead atoms. The van der Waals surface area contributed by atoms with E-state index in [-0.39, 0.29) is 0 Å². The van der Waals surface area contributed by atoms with Crippen LogP contribution < -0.4 is 0 Å².